The Bertz CT molecular complexity index is 874. The molecule has 8 heteroatoms. The third kappa shape index (κ3) is 3.88. The molecular weight excluding hydrogens is 374 g/mol. The van der Waals surface area contributed by atoms with Crippen molar-refractivity contribution in [2.45, 2.75) is 18.4 Å². The average molecular weight is 390 g/mol. The topological polar surface area (TPSA) is 102 Å². The molecule has 0 unspecified atom stereocenters. The quantitative estimate of drug-likeness (QED) is 0.684. The fourth-order valence-electron chi connectivity index (χ4n) is 2.71. The van der Waals surface area contributed by atoms with Gasteiger partial charge in [0.2, 0.25) is 0 Å². The Morgan fingerprint density at radius 2 is 2.12 bits per heavy atom. The summed E-state index contributed by atoms with van der Waals surface area (Å²) in [5.74, 6) is -1.74. The van der Waals surface area contributed by atoms with E-state index in [1.165, 1.54) is 29.5 Å². The first-order valence-corrected chi connectivity index (χ1v) is 9.25. The molecule has 1 aliphatic rings. The Morgan fingerprint density at radius 1 is 1.35 bits per heavy atom. The number of nitriles is 1. The van der Waals surface area contributed by atoms with E-state index in [1.807, 2.05) is 23.6 Å². The highest BCUT2D eigenvalue weighted by atomic mass is 35.5. The van der Waals surface area contributed by atoms with Gasteiger partial charge in [-0.1, -0.05) is 17.7 Å². The number of amides is 2. The Hall–Kier alpha value is -2.40. The molecule has 0 spiro atoms. The first kappa shape index (κ1) is 18.4. The van der Waals surface area contributed by atoms with Crippen molar-refractivity contribution in [3.05, 3.63) is 51.2 Å². The Labute approximate surface area is 159 Å². The molecule has 0 radical (unpaired) electrons. The van der Waals surface area contributed by atoms with E-state index in [-0.39, 0.29) is 23.7 Å². The van der Waals surface area contributed by atoms with E-state index >= 15 is 0 Å². The van der Waals surface area contributed by atoms with Crippen LogP contribution in [0.2, 0.25) is 5.02 Å². The fraction of sp³-hybridized carbons (Fsp3) is 0.278. The van der Waals surface area contributed by atoms with Crippen molar-refractivity contribution in [3.8, 4) is 6.07 Å². The van der Waals surface area contributed by atoms with Crippen LogP contribution in [0, 0.1) is 17.2 Å². The summed E-state index contributed by atoms with van der Waals surface area (Å²) in [7, 11) is 0. The Balaban J connectivity index is 1.66. The number of benzene rings is 1. The maximum atomic E-state index is 12.1. The third-order valence-electron chi connectivity index (χ3n) is 4.28. The monoisotopic (exact) mass is 389 g/mol. The van der Waals surface area contributed by atoms with Crippen LogP contribution in [0.4, 0.5) is 5.69 Å². The van der Waals surface area contributed by atoms with Crippen molar-refractivity contribution in [1.29, 1.82) is 5.26 Å². The number of hydrogen-bond acceptors (Lipinski definition) is 5. The van der Waals surface area contributed by atoms with Gasteiger partial charge in [0.15, 0.2) is 0 Å². The van der Waals surface area contributed by atoms with Crippen LogP contribution in [0.1, 0.15) is 23.3 Å². The molecule has 0 aliphatic heterocycles. The van der Waals surface area contributed by atoms with Gasteiger partial charge in [0, 0.05) is 9.90 Å². The fourth-order valence-corrected chi connectivity index (χ4v) is 3.79. The van der Waals surface area contributed by atoms with Gasteiger partial charge in [-0.15, -0.1) is 11.3 Å². The van der Waals surface area contributed by atoms with E-state index in [0.717, 1.165) is 17.7 Å². The van der Waals surface area contributed by atoms with Crippen LogP contribution < -0.4 is 10.6 Å². The molecule has 1 aromatic carbocycles. The Kier molecular flexibility index (Phi) is 5.28. The van der Waals surface area contributed by atoms with Gasteiger partial charge in [0.25, 0.3) is 0 Å². The highest BCUT2D eigenvalue weighted by Crippen LogP contribution is 2.46. The van der Waals surface area contributed by atoms with Gasteiger partial charge in [0.05, 0.1) is 17.8 Å². The van der Waals surface area contributed by atoms with Crippen LogP contribution in [-0.2, 0) is 15.2 Å². The molecule has 3 rings (SSSR count). The summed E-state index contributed by atoms with van der Waals surface area (Å²) in [6.07, 6.45) is 1.76. The number of aliphatic hydroxyl groups is 1. The van der Waals surface area contributed by atoms with Crippen molar-refractivity contribution < 1.29 is 14.7 Å². The number of carbonyl (C=O) groups is 2. The molecule has 3 N–H and O–H groups in total. The van der Waals surface area contributed by atoms with Crippen molar-refractivity contribution in [3.63, 3.8) is 0 Å². The highest BCUT2D eigenvalue weighted by molar-refractivity contribution is 7.10. The average Bonchev–Trinajstić information content (AvgIpc) is 3.34. The van der Waals surface area contributed by atoms with Gasteiger partial charge in [-0.2, -0.15) is 5.26 Å². The zero-order valence-corrected chi connectivity index (χ0v) is 15.2. The van der Waals surface area contributed by atoms with Gasteiger partial charge in [-0.25, -0.2) is 0 Å². The first-order chi connectivity index (χ1) is 12.4. The van der Waals surface area contributed by atoms with Crippen LogP contribution in [0.15, 0.2) is 35.7 Å². The van der Waals surface area contributed by atoms with Gasteiger partial charge in [0.1, 0.15) is 11.7 Å². The van der Waals surface area contributed by atoms with Crippen LogP contribution in [0.5, 0.6) is 0 Å². The minimum absolute atomic E-state index is 0.0505. The summed E-state index contributed by atoms with van der Waals surface area (Å²) in [5, 5.41) is 27.1. The molecule has 1 aliphatic carbocycles. The van der Waals surface area contributed by atoms with Crippen molar-refractivity contribution in [2.75, 3.05) is 11.9 Å². The number of nitrogens with one attached hydrogen (secondary N) is 2. The lowest BCUT2D eigenvalue weighted by molar-refractivity contribution is -0.137. The van der Waals surface area contributed by atoms with E-state index in [1.54, 1.807) is 0 Å². The van der Waals surface area contributed by atoms with Crippen LogP contribution in [0.3, 0.4) is 0 Å². The molecule has 1 heterocycles. The van der Waals surface area contributed by atoms with Crippen molar-refractivity contribution >= 4 is 40.4 Å². The zero-order chi connectivity index (χ0) is 18.7. The second kappa shape index (κ2) is 7.46. The molecule has 0 bridgehead atoms. The summed E-state index contributed by atoms with van der Waals surface area (Å²) in [6, 6.07) is 9.96. The van der Waals surface area contributed by atoms with E-state index in [2.05, 4.69) is 10.6 Å². The lowest BCUT2D eigenvalue weighted by atomic mass is 9.95. The second-order valence-corrected chi connectivity index (χ2v) is 7.50. The molecule has 1 saturated carbocycles. The second-order valence-electron chi connectivity index (χ2n) is 6.11. The zero-order valence-electron chi connectivity index (χ0n) is 13.7. The van der Waals surface area contributed by atoms with E-state index in [9.17, 15) is 14.7 Å². The van der Waals surface area contributed by atoms with Crippen LogP contribution in [-0.4, -0.2) is 23.5 Å². The molecule has 2 amide bonds. The summed E-state index contributed by atoms with van der Waals surface area (Å²) < 4.78 is 0. The molecule has 134 valence electrons. The number of hydrogen-bond donors (Lipinski definition) is 3. The standard InChI is InChI=1S/C18H16ClN3O3S/c19-13-6-3-11(9-20)14(8-13)22-17(24)16(23)21-10-18(25,12-4-5-12)15-2-1-7-26-15/h1-3,6-8,12,25H,4-5,10H2,(H,21,23)(H,22,24)/t18-/m1/s1. The highest BCUT2D eigenvalue weighted by Gasteiger charge is 2.46. The molecular formula is C18H16ClN3O3S. The van der Waals surface area contributed by atoms with Crippen molar-refractivity contribution in [1.82, 2.24) is 5.32 Å². The Morgan fingerprint density at radius 3 is 2.73 bits per heavy atom. The van der Waals surface area contributed by atoms with E-state index in [4.69, 9.17) is 16.9 Å². The van der Waals surface area contributed by atoms with Gasteiger partial charge < -0.3 is 15.7 Å². The molecule has 1 fully saturated rings. The smallest absolute Gasteiger partial charge is 0.313 e. The van der Waals surface area contributed by atoms with E-state index in [0.29, 0.717) is 5.02 Å². The number of anilines is 1. The number of rotatable bonds is 5. The molecule has 0 saturated heterocycles. The normalized spacial score (nSPS) is 15.6. The maximum Gasteiger partial charge on any atom is 0.313 e. The first-order valence-electron chi connectivity index (χ1n) is 7.99. The lowest BCUT2D eigenvalue weighted by Crippen LogP contribution is -2.45. The molecule has 1 atom stereocenters. The lowest BCUT2D eigenvalue weighted by Gasteiger charge is -2.27. The predicted molar refractivity (Wildman–Crippen MR) is 98.7 cm³/mol. The van der Waals surface area contributed by atoms with Crippen LogP contribution >= 0.6 is 22.9 Å². The van der Waals surface area contributed by atoms with Crippen LogP contribution in [0.25, 0.3) is 0 Å². The summed E-state index contributed by atoms with van der Waals surface area (Å²) >= 11 is 7.28. The van der Waals surface area contributed by atoms with Crippen molar-refractivity contribution in [2.24, 2.45) is 5.92 Å². The SMILES string of the molecule is N#Cc1ccc(Cl)cc1NC(=O)C(=O)NC[C@](O)(c1cccs1)C1CC1. The number of nitrogens with zero attached hydrogens (tertiary/aromatic N) is 1. The number of halogens is 1. The molecule has 2 aromatic rings. The summed E-state index contributed by atoms with van der Waals surface area (Å²) in [5.41, 5.74) is -0.808. The molecule has 1 aromatic heterocycles. The van der Waals surface area contributed by atoms with E-state index < -0.39 is 17.4 Å². The number of thiophene rings is 1. The minimum atomic E-state index is -1.17. The predicted octanol–water partition coefficient (Wildman–Crippen LogP) is 2.63. The molecule has 26 heavy (non-hydrogen) atoms. The third-order valence-corrected chi connectivity index (χ3v) is 5.55. The summed E-state index contributed by atoms with van der Waals surface area (Å²) in [4.78, 5) is 25.0. The number of carbonyl (C=O) groups excluding carboxylic acids is 2. The van der Waals surface area contributed by atoms with Gasteiger partial charge in [-0.05, 0) is 48.4 Å². The minimum Gasteiger partial charge on any atom is -0.382 e. The largest absolute Gasteiger partial charge is 0.382 e. The summed E-state index contributed by atoms with van der Waals surface area (Å²) in [6.45, 7) is -0.0505. The maximum absolute atomic E-state index is 12.1. The van der Waals surface area contributed by atoms with Gasteiger partial charge >= 0.3 is 11.8 Å². The van der Waals surface area contributed by atoms with Gasteiger partial charge in [-0.3, -0.25) is 9.59 Å². The molecule has 6 nitrogen and oxygen atoms in total.